The van der Waals surface area contributed by atoms with Crippen molar-refractivity contribution < 1.29 is 34.0 Å². The van der Waals surface area contributed by atoms with Crippen molar-refractivity contribution in [2.45, 2.75) is 76.5 Å². The molecule has 7 nitrogen and oxygen atoms in total. The maximum absolute atomic E-state index is 13.0. The van der Waals surface area contributed by atoms with Crippen LogP contribution in [0.1, 0.15) is 46.0 Å². The first-order valence-electron chi connectivity index (χ1n) is 12.3. The van der Waals surface area contributed by atoms with Crippen molar-refractivity contribution in [2.24, 2.45) is 17.8 Å². The molecule has 0 radical (unpaired) electrons. The minimum atomic E-state index is -0.875. The standard InChI is InChI=1S/C27H33ClO7/c1-15-7-8-17-11-18(29)13-24(35-27(32)16(2)33-23-6-4-3-5-22(23)28)26(17)21(15)10-9-20-12-19(30)14-25(31)34-20/h3-8,11,15-16,18-21,24,26,29-30H,9-10,12-14H2,1-2H3/t15?,16-,18?,19+,20+,21?,24?,26?/m0/s1. The molecule has 8 atom stereocenters. The van der Waals surface area contributed by atoms with Gasteiger partial charge in [0, 0.05) is 18.8 Å². The predicted molar refractivity (Wildman–Crippen MR) is 130 cm³/mol. The topological polar surface area (TPSA) is 102 Å². The predicted octanol–water partition coefficient (Wildman–Crippen LogP) is 4.00. The third-order valence-electron chi connectivity index (χ3n) is 7.17. The molecule has 1 aromatic rings. The third-order valence-corrected chi connectivity index (χ3v) is 7.48. The number of cyclic esters (lactones) is 1. The van der Waals surface area contributed by atoms with Crippen molar-refractivity contribution in [1.82, 2.24) is 0 Å². The maximum Gasteiger partial charge on any atom is 0.347 e. The Hall–Kier alpha value is -2.35. The summed E-state index contributed by atoms with van der Waals surface area (Å²) in [6.07, 6.45) is 4.96. The zero-order chi connectivity index (χ0) is 25.1. The second-order valence-corrected chi connectivity index (χ2v) is 10.2. The normalized spacial score (nSPS) is 33.2. The van der Waals surface area contributed by atoms with Gasteiger partial charge in [-0.15, -0.1) is 0 Å². The van der Waals surface area contributed by atoms with Gasteiger partial charge < -0.3 is 24.4 Å². The fraction of sp³-hybridized carbons (Fsp3) is 0.556. The Kier molecular flexibility index (Phi) is 8.19. The summed E-state index contributed by atoms with van der Waals surface area (Å²) in [6.45, 7) is 3.73. The highest BCUT2D eigenvalue weighted by Crippen LogP contribution is 2.44. The van der Waals surface area contributed by atoms with Crippen molar-refractivity contribution >= 4 is 23.5 Å². The number of carbonyl (C=O) groups excluding carboxylic acids is 2. The Morgan fingerprint density at radius 1 is 1.23 bits per heavy atom. The summed E-state index contributed by atoms with van der Waals surface area (Å²) in [4.78, 5) is 24.7. The summed E-state index contributed by atoms with van der Waals surface area (Å²) in [5.41, 5.74) is 0.949. The summed E-state index contributed by atoms with van der Waals surface area (Å²) >= 11 is 6.15. The highest BCUT2D eigenvalue weighted by Gasteiger charge is 2.43. The minimum Gasteiger partial charge on any atom is -0.477 e. The highest BCUT2D eigenvalue weighted by atomic mass is 35.5. The second-order valence-electron chi connectivity index (χ2n) is 9.83. The largest absolute Gasteiger partial charge is 0.477 e. The highest BCUT2D eigenvalue weighted by molar-refractivity contribution is 6.32. The molecule has 1 heterocycles. The van der Waals surface area contributed by atoms with Gasteiger partial charge in [0.05, 0.1) is 23.7 Å². The fourth-order valence-corrected chi connectivity index (χ4v) is 5.61. The van der Waals surface area contributed by atoms with Crippen LogP contribution >= 0.6 is 11.6 Å². The minimum absolute atomic E-state index is 0.0406. The van der Waals surface area contributed by atoms with Crippen molar-refractivity contribution in [3.05, 3.63) is 53.1 Å². The number of carbonyl (C=O) groups is 2. The molecule has 0 saturated carbocycles. The zero-order valence-corrected chi connectivity index (χ0v) is 20.8. The molecule has 1 aliphatic heterocycles. The molecular formula is C27H33ClO7. The molecule has 0 aromatic heterocycles. The van der Waals surface area contributed by atoms with Crippen LogP contribution in [-0.2, 0) is 19.1 Å². The molecule has 5 unspecified atom stereocenters. The maximum atomic E-state index is 13.0. The lowest BCUT2D eigenvalue weighted by Crippen LogP contribution is -2.44. The molecule has 190 valence electrons. The Morgan fingerprint density at radius 2 is 2.00 bits per heavy atom. The summed E-state index contributed by atoms with van der Waals surface area (Å²) in [7, 11) is 0. The quantitative estimate of drug-likeness (QED) is 0.541. The van der Waals surface area contributed by atoms with Crippen LogP contribution < -0.4 is 4.74 Å². The van der Waals surface area contributed by atoms with E-state index in [-0.39, 0.29) is 36.2 Å². The fourth-order valence-electron chi connectivity index (χ4n) is 5.43. The van der Waals surface area contributed by atoms with Gasteiger partial charge in [0.1, 0.15) is 18.0 Å². The van der Waals surface area contributed by atoms with Gasteiger partial charge in [0.25, 0.3) is 0 Å². The van der Waals surface area contributed by atoms with Gasteiger partial charge >= 0.3 is 11.9 Å². The van der Waals surface area contributed by atoms with Gasteiger partial charge in [-0.1, -0.05) is 48.9 Å². The first-order chi connectivity index (χ1) is 16.7. The van der Waals surface area contributed by atoms with Crippen LogP contribution in [0.3, 0.4) is 0 Å². The number of aliphatic hydroxyl groups excluding tert-OH is 2. The van der Waals surface area contributed by atoms with Crippen LogP contribution in [0.2, 0.25) is 5.02 Å². The van der Waals surface area contributed by atoms with E-state index in [9.17, 15) is 19.8 Å². The smallest absolute Gasteiger partial charge is 0.347 e. The number of hydrogen-bond donors (Lipinski definition) is 2. The number of halogens is 1. The molecule has 0 bridgehead atoms. The number of fused-ring (bicyclic) bond motifs is 1. The molecule has 2 N–H and O–H groups in total. The molecule has 3 aliphatic rings. The van der Waals surface area contributed by atoms with Crippen LogP contribution in [-0.4, -0.2) is 52.7 Å². The molecule has 1 saturated heterocycles. The lowest BCUT2D eigenvalue weighted by atomic mass is 9.66. The van der Waals surface area contributed by atoms with E-state index in [4.69, 9.17) is 25.8 Å². The second kappa shape index (κ2) is 11.1. The van der Waals surface area contributed by atoms with Gasteiger partial charge in [0.15, 0.2) is 6.10 Å². The van der Waals surface area contributed by atoms with Gasteiger partial charge in [-0.25, -0.2) is 4.79 Å². The van der Waals surface area contributed by atoms with Crippen LogP contribution in [0.5, 0.6) is 5.75 Å². The Bertz CT molecular complexity index is 989. The number of esters is 2. The van der Waals surface area contributed by atoms with E-state index in [0.29, 0.717) is 30.0 Å². The van der Waals surface area contributed by atoms with Gasteiger partial charge in [0.2, 0.25) is 0 Å². The van der Waals surface area contributed by atoms with E-state index in [1.807, 2.05) is 12.2 Å². The summed E-state index contributed by atoms with van der Waals surface area (Å²) < 4.78 is 17.1. The zero-order valence-electron chi connectivity index (χ0n) is 20.0. The molecule has 0 spiro atoms. The van der Waals surface area contributed by atoms with Crippen LogP contribution in [0.15, 0.2) is 48.1 Å². The Labute approximate surface area is 210 Å². The first-order valence-corrected chi connectivity index (χ1v) is 12.7. The molecule has 4 rings (SSSR count). The number of allylic oxidation sites excluding steroid dienone is 2. The van der Waals surface area contributed by atoms with E-state index < -0.39 is 30.4 Å². The van der Waals surface area contributed by atoms with E-state index in [2.05, 4.69) is 13.0 Å². The number of ether oxygens (including phenoxy) is 3. The lowest BCUT2D eigenvalue weighted by molar-refractivity contribution is -0.164. The monoisotopic (exact) mass is 504 g/mol. The SMILES string of the molecule is CC1C=CC2=CC(O)CC(OC(=O)[C@H](C)Oc3ccccc3Cl)C2C1CC[C@@H]1C[C@@H](O)CC(=O)O1. The average molecular weight is 505 g/mol. The van der Waals surface area contributed by atoms with Crippen LogP contribution in [0.4, 0.5) is 0 Å². The van der Waals surface area contributed by atoms with Gasteiger partial charge in [-0.05, 0) is 49.3 Å². The number of rotatable bonds is 7. The average Bonchev–Trinajstić information content (AvgIpc) is 2.79. The number of hydrogen-bond acceptors (Lipinski definition) is 7. The summed E-state index contributed by atoms with van der Waals surface area (Å²) in [5.74, 6) is -0.262. The number of para-hydroxylation sites is 1. The van der Waals surface area contributed by atoms with Crippen LogP contribution in [0, 0.1) is 17.8 Å². The molecule has 2 aliphatic carbocycles. The first kappa shape index (κ1) is 25.7. The molecule has 1 aromatic carbocycles. The van der Waals surface area contributed by atoms with E-state index >= 15 is 0 Å². The Morgan fingerprint density at radius 3 is 2.74 bits per heavy atom. The van der Waals surface area contributed by atoms with Crippen molar-refractivity contribution in [3.8, 4) is 5.75 Å². The lowest BCUT2D eigenvalue weighted by Gasteiger charge is -2.43. The molecule has 1 fully saturated rings. The van der Waals surface area contributed by atoms with E-state index in [1.54, 1.807) is 31.2 Å². The van der Waals surface area contributed by atoms with E-state index in [1.165, 1.54) is 0 Å². The number of benzene rings is 1. The van der Waals surface area contributed by atoms with Crippen LogP contribution in [0.25, 0.3) is 0 Å². The summed E-state index contributed by atoms with van der Waals surface area (Å²) in [5, 5.41) is 20.8. The van der Waals surface area contributed by atoms with Crippen molar-refractivity contribution in [1.29, 1.82) is 0 Å². The molecule has 0 amide bonds. The summed E-state index contributed by atoms with van der Waals surface area (Å²) in [6, 6.07) is 6.93. The Balaban J connectivity index is 1.46. The molecule has 35 heavy (non-hydrogen) atoms. The molecular weight excluding hydrogens is 472 g/mol. The van der Waals surface area contributed by atoms with Crippen molar-refractivity contribution in [2.75, 3.05) is 0 Å². The number of aliphatic hydroxyl groups is 2. The van der Waals surface area contributed by atoms with Gasteiger partial charge in [-0.3, -0.25) is 4.79 Å². The van der Waals surface area contributed by atoms with E-state index in [0.717, 1.165) is 12.0 Å². The molecule has 8 heteroatoms. The van der Waals surface area contributed by atoms with Gasteiger partial charge in [-0.2, -0.15) is 0 Å². The van der Waals surface area contributed by atoms with Crippen molar-refractivity contribution in [3.63, 3.8) is 0 Å². The third kappa shape index (κ3) is 6.26.